The van der Waals surface area contributed by atoms with Crippen molar-refractivity contribution in [3.8, 4) is 0 Å². The van der Waals surface area contributed by atoms with Crippen molar-refractivity contribution in [2.75, 3.05) is 0 Å². The van der Waals surface area contributed by atoms with Crippen molar-refractivity contribution in [3.63, 3.8) is 0 Å². The van der Waals surface area contributed by atoms with Gasteiger partial charge in [0.05, 0.1) is 0 Å². The van der Waals surface area contributed by atoms with Gasteiger partial charge in [0.15, 0.2) is 6.23 Å². The quantitative estimate of drug-likeness (QED) is 0.482. The number of rotatable bonds is 9. The minimum Gasteiger partial charge on any atom is -0.440 e. The van der Waals surface area contributed by atoms with E-state index in [9.17, 15) is 9.59 Å². The summed E-state index contributed by atoms with van der Waals surface area (Å²) in [5.41, 5.74) is 0. The normalized spacial score (nSPS) is 26.1. The zero-order valence-electron chi connectivity index (χ0n) is 13.5. The number of hydrogen-bond donors (Lipinski definition) is 0. The van der Waals surface area contributed by atoms with Gasteiger partial charge in [-0.15, -0.1) is 0 Å². The van der Waals surface area contributed by atoms with Crippen molar-refractivity contribution in [2.24, 2.45) is 5.92 Å². The molecule has 0 radical (unpaired) electrons. The number of esters is 1. The van der Waals surface area contributed by atoms with Gasteiger partial charge in [0, 0.05) is 12.3 Å². The van der Waals surface area contributed by atoms with Gasteiger partial charge in [0.1, 0.15) is 6.04 Å². The van der Waals surface area contributed by atoms with Gasteiger partial charge in [-0.1, -0.05) is 58.8 Å². The highest BCUT2D eigenvalue weighted by Gasteiger charge is 2.50. The zero-order valence-corrected chi connectivity index (χ0v) is 13.5. The fraction of sp³-hybridized carbons (Fsp3) is 0.882. The predicted octanol–water partition coefficient (Wildman–Crippen LogP) is 3.64. The molecule has 4 heteroatoms. The molecule has 3 atom stereocenters. The highest BCUT2D eigenvalue weighted by Crippen LogP contribution is 2.34. The molecule has 21 heavy (non-hydrogen) atoms. The van der Waals surface area contributed by atoms with Crippen LogP contribution in [0.4, 0.5) is 0 Å². The summed E-state index contributed by atoms with van der Waals surface area (Å²) in [5.74, 6) is 0.135. The van der Waals surface area contributed by atoms with Crippen molar-refractivity contribution in [3.05, 3.63) is 0 Å². The van der Waals surface area contributed by atoms with Crippen molar-refractivity contribution >= 4 is 11.9 Å². The van der Waals surface area contributed by atoms with E-state index in [4.69, 9.17) is 4.74 Å². The molecular formula is C17H29NO3. The van der Waals surface area contributed by atoms with Crippen LogP contribution in [-0.4, -0.2) is 29.0 Å². The van der Waals surface area contributed by atoms with Crippen LogP contribution in [0, 0.1) is 5.92 Å². The van der Waals surface area contributed by atoms with Gasteiger partial charge in [0.25, 0.3) is 0 Å². The highest BCUT2D eigenvalue weighted by molar-refractivity contribution is 5.90. The van der Waals surface area contributed by atoms with Gasteiger partial charge >= 0.3 is 5.97 Å². The predicted molar refractivity (Wildman–Crippen MR) is 81.5 cm³/mol. The summed E-state index contributed by atoms with van der Waals surface area (Å²) in [7, 11) is 0. The number of fused-ring (bicyclic) bond motifs is 1. The highest BCUT2D eigenvalue weighted by atomic mass is 16.6. The van der Waals surface area contributed by atoms with Crippen molar-refractivity contribution in [2.45, 2.75) is 90.3 Å². The number of unbranched alkanes of at least 4 members (excludes halogenated alkanes) is 6. The maximum atomic E-state index is 11.9. The van der Waals surface area contributed by atoms with Crippen molar-refractivity contribution in [1.29, 1.82) is 0 Å². The number of cyclic esters (lactones) is 1. The number of carbonyl (C=O) groups excluding carboxylic acids is 2. The molecular weight excluding hydrogens is 266 g/mol. The summed E-state index contributed by atoms with van der Waals surface area (Å²) >= 11 is 0. The summed E-state index contributed by atoms with van der Waals surface area (Å²) in [6.07, 6.45) is 10.9. The molecule has 2 heterocycles. The Bertz CT molecular complexity index is 367. The molecule has 0 saturated carbocycles. The molecule has 0 aromatic rings. The lowest BCUT2D eigenvalue weighted by atomic mass is 9.99. The summed E-state index contributed by atoms with van der Waals surface area (Å²) < 4.78 is 5.44. The van der Waals surface area contributed by atoms with E-state index >= 15 is 0 Å². The van der Waals surface area contributed by atoms with Crippen LogP contribution >= 0.6 is 0 Å². The molecule has 2 saturated heterocycles. The SMILES string of the molecule is CCCCCCCCCC(C)C1OC(=O)[C@@H]2CCC(=O)N12. The third-order valence-corrected chi connectivity index (χ3v) is 4.79. The monoisotopic (exact) mass is 295 g/mol. The largest absolute Gasteiger partial charge is 0.440 e. The van der Waals surface area contributed by atoms with E-state index in [2.05, 4.69) is 13.8 Å². The third-order valence-electron chi connectivity index (χ3n) is 4.79. The standard InChI is InChI=1S/C17H29NO3/c1-3-4-5-6-7-8-9-10-13(2)16-18-14(17(20)21-16)11-12-15(18)19/h13-14,16H,3-12H2,1-2H3/t13?,14-,16?/m0/s1. The second-order valence-electron chi connectivity index (χ2n) is 6.57. The maximum absolute atomic E-state index is 11.9. The summed E-state index contributed by atoms with van der Waals surface area (Å²) in [6, 6.07) is -0.293. The summed E-state index contributed by atoms with van der Waals surface area (Å²) in [5, 5.41) is 0. The van der Waals surface area contributed by atoms with E-state index in [1.54, 1.807) is 4.90 Å². The summed E-state index contributed by atoms with van der Waals surface area (Å²) in [4.78, 5) is 25.4. The fourth-order valence-electron chi connectivity index (χ4n) is 3.46. The van der Waals surface area contributed by atoms with Crippen LogP contribution in [0.15, 0.2) is 0 Å². The second kappa shape index (κ2) is 7.81. The molecule has 0 spiro atoms. The van der Waals surface area contributed by atoms with Crippen molar-refractivity contribution in [1.82, 2.24) is 4.90 Å². The molecule has 0 N–H and O–H groups in total. The van der Waals surface area contributed by atoms with Crippen LogP contribution in [0.3, 0.4) is 0 Å². The topological polar surface area (TPSA) is 46.6 Å². The van der Waals surface area contributed by atoms with Crippen LogP contribution in [-0.2, 0) is 14.3 Å². The maximum Gasteiger partial charge on any atom is 0.330 e. The Morgan fingerprint density at radius 1 is 1.14 bits per heavy atom. The van der Waals surface area contributed by atoms with E-state index in [-0.39, 0.29) is 30.1 Å². The first kappa shape index (κ1) is 16.3. The Labute approximate surface area is 128 Å². The molecule has 120 valence electrons. The Balaban J connectivity index is 1.67. The third kappa shape index (κ3) is 3.98. The van der Waals surface area contributed by atoms with E-state index in [1.165, 1.54) is 38.5 Å². The average molecular weight is 295 g/mol. The van der Waals surface area contributed by atoms with E-state index in [0.29, 0.717) is 12.8 Å². The van der Waals surface area contributed by atoms with E-state index in [1.807, 2.05) is 0 Å². The Morgan fingerprint density at radius 2 is 1.81 bits per heavy atom. The molecule has 2 rings (SSSR count). The Morgan fingerprint density at radius 3 is 2.52 bits per heavy atom. The van der Waals surface area contributed by atoms with Crippen LogP contribution in [0.5, 0.6) is 0 Å². The molecule has 2 aliphatic heterocycles. The number of nitrogens with zero attached hydrogens (tertiary/aromatic N) is 1. The first-order valence-electron chi connectivity index (χ1n) is 8.66. The number of ether oxygens (including phenoxy) is 1. The minimum absolute atomic E-state index is 0.0854. The fourth-order valence-corrected chi connectivity index (χ4v) is 3.46. The number of amides is 1. The van der Waals surface area contributed by atoms with Crippen LogP contribution in [0.2, 0.25) is 0 Å². The summed E-state index contributed by atoms with van der Waals surface area (Å²) in [6.45, 7) is 4.33. The zero-order chi connectivity index (χ0) is 15.2. The molecule has 0 aliphatic carbocycles. The Kier molecular flexibility index (Phi) is 6.07. The first-order chi connectivity index (χ1) is 10.1. The molecule has 1 amide bonds. The van der Waals surface area contributed by atoms with E-state index < -0.39 is 0 Å². The van der Waals surface area contributed by atoms with Crippen LogP contribution in [0.25, 0.3) is 0 Å². The van der Waals surface area contributed by atoms with Crippen LogP contribution < -0.4 is 0 Å². The molecule has 0 aromatic heterocycles. The lowest BCUT2D eigenvalue weighted by Crippen LogP contribution is -2.39. The molecule has 0 bridgehead atoms. The second-order valence-corrected chi connectivity index (χ2v) is 6.57. The van der Waals surface area contributed by atoms with Gasteiger partial charge in [-0.3, -0.25) is 9.69 Å². The lowest BCUT2D eigenvalue weighted by Gasteiger charge is -2.26. The minimum atomic E-state index is -0.308. The van der Waals surface area contributed by atoms with Crippen molar-refractivity contribution < 1.29 is 14.3 Å². The molecule has 0 aromatic carbocycles. The van der Waals surface area contributed by atoms with Gasteiger partial charge in [-0.25, -0.2) is 4.79 Å². The number of carbonyl (C=O) groups is 2. The van der Waals surface area contributed by atoms with Gasteiger partial charge in [-0.2, -0.15) is 0 Å². The Hall–Kier alpha value is -1.06. The molecule has 2 aliphatic rings. The van der Waals surface area contributed by atoms with Crippen LogP contribution in [0.1, 0.15) is 78.1 Å². The smallest absolute Gasteiger partial charge is 0.330 e. The average Bonchev–Trinajstić information content (AvgIpc) is 3.00. The van der Waals surface area contributed by atoms with Gasteiger partial charge in [0.2, 0.25) is 5.91 Å². The molecule has 2 unspecified atom stereocenters. The van der Waals surface area contributed by atoms with Gasteiger partial charge < -0.3 is 4.74 Å². The van der Waals surface area contributed by atoms with E-state index in [0.717, 1.165) is 12.8 Å². The molecule has 4 nitrogen and oxygen atoms in total. The first-order valence-corrected chi connectivity index (χ1v) is 8.66. The molecule has 2 fully saturated rings. The van der Waals surface area contributed by atoms with Gasteiger partial charge in [-0.05, 0) is 12.8 Å². The lowest BCUT2D eigenvalue weighted by molar-refractivity contribution is -0.147. The number of hydrogen-bond acceptors (Lipinski definition) is 3.